The number of nitrogens with one attached hydrogen (secondary N) is 1. The Labute approximate surface area is 197 Å². The van der Waals surface area contributed by atoms with Crippen molar-refractivity contribution in [2.24, 2.45) is 5.92 Å². The lowest BCUT2D eigenvalue weighted by Crippen LogP contribution is -2.52. The van der Waals surface area contributed by atoms with E-state index in [2.05, 4.69) is 10.2 Å². The summed E-state index contributed by atoms with van der Waals surface area (Å²) in [5.41, 5.74) is 1.10. The Morgan fingerprint density at radius 1 is 1.15 bits per heavy atom. The fourth-order valence-electron chi connectivity index (χ4n) is 5.82. The maximum atomic E-state index is 14.1. The summed E-state index contributed by atoms with van der Waals surface area (Å²) in [7, 11) is 0. The molecule has 3 aromatic rings. The van der Waals surface area contributed by atoms with Crippen LogP contribution in [0.1, 0.15) is 26.7 Å². The molecule has 33 heavy (non-hydrogen) atoms. The van der Waals surface area contributed by atoms with E-state index in [9.17, 15) is 19.7 Å². The maximum absolute atomic E-state index is 14.1. The van der Waals surface area contributed by atoms with Gasteiger partial charge in [-0.3, -0.25) is 24.6 Å². The van der Waals surface area contributed by atoms with Crippen molar-refractivity contribution in [3.05, 3.63) is 92.2 Å². The Morgan fingerprint density at radius 3 is 2.79 bits per heavy atom. The molecule has 0 radical (unpaired) electrons. The van der Waals surface area contributed by atoms with Crippen molar-refractivity contribution in [2.45, 2.75) is 17.5 Å². The first-order valence-corrected chi connectivity index (χ1v) is 12.6. The van der Waals surface area contributed by atoms with Gasteiger partial charge in [0.1, 0.15) is 5.54 Å². The highest BCUT2D eigenvalue weighted by molar-refractivity contribution is 7.99. The molecule has 3 aliphatic rings. The predicted molar refractivity (Wildman–Crippen MR) is 128 cm³/mol. The van der Waals surface area contributed by atoms with Gasteiger partial charge in [-0.1, -0.05) is 36.4 Å². The molecule has 166 valence electrons. The van der Waals surface area contributed by atoms with E-state index >= 15 is 0 Å². The SMILES string of the molecule is O=C(c1cccs1)C1C(c2cccc([N+](=O)[O-])c2)C2CSCN2C12C(=O)Nc1ccccc12. The number of benzene rings is 2. The van der Waals surface area contributed by atoms with Crippen LogP contribution in [-0.2, 0) is 10.3 Å². The van der Waals surface area contributed by atoms with Crippen LogP contribution in [0.5, 0.6) is 0 Å². The molecule has 4 heterocycles. The third-order valence-electron chi connectivity index (χ3n) is 7.04. The topological polar surface area (TPSA) is 92.5 Å². The molecule has 0 saturated carbocycles. The van der Waals surface area contributed by atoms with E-state index in [1.807, 2.05) is 41.8 Å². The number of para-hydroxylation sites is 1. The molecule has 2 aromatic carbocycles. The number of rotatable bonds is 4. The second-order valence-corrected chi connectivity index (χ2v) is 10.4. The maximum Gasteiger partial charge on any atom is 0.269 e. The molecule has 2 saturated heterocycles. The summed E-state index contributed by atoms with van der Waals surface area (Å²) in [5.74, 6) is 0.0242. The van der Waals surface area contributed by atoms with Gasteiger partial charge < -0.3 is 5.32 Å². The van der Waals surface area contributed by atoms with Crippen LogP contribution in [0.25, 0.3) is 0 Å². The number of hydrogen-bond acceptors (Lipinski definition) is 7. The molecule has 1 spiro atoms. The molecule has 1 N–H and O–H groups in total. The zero-order chi connectivity index (χ0) is 22.7. The lowest BCUT2D eigenvalue weighted by Gasteiger charge is -2.36. The molecule has 0 bridgehead atoms. The third-order valence-corrected chi connectivity index (χ3v) is 8.96. The summed E-state index contributed by atoms with van der Waals surface area (Å²) in [6.45, 7) is 0. The fourth-order valence-corrected chi connectivity index (χ4v) is 7.85. The summed E-state index contributed by atoms with van der Waals surface area (Å²) in [4.78, 5) is 41.8. The van der Waals surface area contributed by atoms with Crippen LogP contribution in [0.2, 0.25) is 0 Å². The molecular weight excluding hydrogens is 458 g/mol. The molecule has 3 aliphatic heterocycles. The number of thioether (sulfide) groups is 1. The van der Waals surface area contributed by atoms with Crippen molar-refractivity contribution in [1.82, 2.24) is 4.90 Å². The van der Waals surface area contributed by atoms with Crippen molar-refractivity contribution in [3.8, 4) is 0 Å². The number of non-ortho nitro benzene ring substituents is 1. The fraction of sp³-hybridized carbons (Fsp3) is 0.250. The first kappa shape index (κ1) is 20.6. The molecule has 4 atom stereocenters. The number of ketones is 1. The number of nitro benzene ring substituents is 1. The standard InChI is InChI=1S/C24H19N3O4S2/c28-22(19-9-4-10-33-19)21-20(14-5-3-6-15(11-14)27(30)31)18-12-32-13-26(18)24(21)16-7-1-2-8-17(16)25-23(24)29/h1-11,18,20-21H,12-13H2,(H,25,29). The highest BCUT2D eigenvalue weighted by atomic mass is 32.2. The Bertz CT molecular complexity index is 1290. The average Bonchev–Trinajstić information content (AvgIpc) is 3.59. The number of fused-ring (bicyclic) bond motifs is 4. The summed E-state index contributed by atoms with van der Waals surface area (Å²) in [6, 6.07) is 17.6. The largest absolute Gasteiger partial charge is 0.324 e. The Morgan fingerprint density at radius 2 is 2.00 bits per heavy atom. The van der Waals surface area contributed by atoms with Gasteiger partial charge in [0.15, 0.2) is 5.78 Å². The monoisotopic (exact) mass is 477 g/mol. The first-order valence-electron chi connectivity index (χ1n) is 10.6. The van der Waals surface area contributed by atoms with Crippen LogP contribution in [0.4, 0.5) is 11.4 Å². The van der Waals surface area contributed by atoms with E-state index in [-0.39, 0.29) is 29.3 Å². The van der Waals surface area contributed by atoms with Gasteiger partial charge in [0.2, 0.25) is 5.91 Å². The van der Waals surface area contributed by atoms with Crippen LogP contribution in [0.3, 0.4) is 0 Å². The van der Waals surface area contributed by atoms with Crippen LogP contribution in [0.15, 0.2) is 66.0 Å². The van der Waals surface area contributed by atoms with E-state index in [0.29, 0.717) is 10.8 Å². The van der Waals surface area contributed by atoms with Crippen molar-refractivity contribution in [3.63, 3.8) is 0 Å². The minimum Gasteiger partial charge on any atom is -0.324 e. The highest BCUT2D eigenvalue weighted by Crippen LogP contribution is 2.61. The molecule has 0 aliphatic carbocycles. The van der Waals surface area contributed by atoms with Gasteiger partial charge in [0.25, 0.3) is 5.69 Å². The van der Waals surface area contributed by atoms with Crippen LogP contribution < -0.4 is 5.32 Å². The quantitative estimate of drug-likeness (QED) is 0.339. The number of carbonyl (C=O) groups is 2. The summed E-state index contributed by atoms with van der Waals surface area (Å²) in [6.07, 6.45) is 0. The highest BCUT2D eigenvalue weighted by Gasteiger charge is 2.69. The Balaban J connectivity index is 1.62. The van der Waals surface area contributed by atoms with Crippen molar-refractivity contribution in [1.29, 1.82) is 0 Å². The van der Waals surface area contributed by atoms with E-state index in [4.69, 9.17) is 0 Å². The molecule has 1 aromatic heterocycles. The molecule has 2 fully saturated rings. The Kier molecular flexibility index (Phi) is 4.69. The van der Waals surface area contributed by atoms with Crippen molar-refractivity contribution in [2.75, 3.05) is 16.9 Å². The second kappa shape index (κ2) is 7.51. The normalized spacial score (nSPS) is 28.0. The van der Waals surface area contributed by atoms with Crippen LogP contribution in [0, 0.1) is 16.0 Å². The van der Waals surface area contributed by atoms with Crippen molar-refractivity contribution < 1.29 is 14.5 Å². The lowest BCUT2D eigenvalue weighted by atomic mass is 9.70. The molecular formula is C24H19N3O4S2. The second-order valence-electron chi connectivity index (χ2n) is 8.50. The summed E-state index contributed by atoms with van der Waals surface area (Å²) >= 11 is 3.09. The zero-order valence-corrected chi connectivity index (χ0v) is 19.0. The van der Waals surface area contributed by atoms with Gasteiger partial charge in [-0.25, -0.2) is 0 Å². The zero-order valence-electron chi connectivity index (χ0n) is 17.3. The number of thiophene rings is 1. The molecule has 9 heteroatoms. The van der Waals surface area contributed by atoms with Gasteiger partial charge >= 0.3 is 0 Å². The molecule has 1 amide bonds. The number of nitrogens with zero attached hydrogens (tertiary/aromatic N) is 2. The summed E-state index contributed by atoms with van der Waals surface area (Å²) in [5, 5.41) is 16.4. The minimum absolute atomic E-state index is 0.00996. The van der Waals surface area contributed by atoms with E-state index in [1.165, 1.54) is 17.4 Å². The molecule has 4 unspecified atom stereocenters. The van der Waals surface area contributed by atoms with Crippen LogP contribution >= 0.6 is 23.1 Å². The van der Waals surface area contributed by atoms with Gasteiger partial charge in [0, 0.05) is 47.0 Å². The van der Waals surface area contributed by atoms with E-state index < -0.39 is 16.4 Å². The molecule has 7 nitrogen and oxygen atoms in total. The Hall–Kier alpha value is -3.01. The third kappa shape index (κ3) is 2.79. The lowest BCUT2D eigenvalue weighted by molar-refractivity contribution is -0.384. The first-order chi connectivity index (χ1) is 16.0. The van der Waals surface area contributed by atoms with Gasteiger partial charge in [0.05, 0.1) is 15.7 Å². The van der Waals surface area contributed by atoms with Gasteiger partial charge in [-0.05, 0) is 23.1 Å². The minimum atomic E-state index is -1.15. The number of carbonyl (C=O) groups excluding carboxylic acids is 2. The summed E-state index contributed by atoms with van der Waals surface area (Å²) < 4.78 is 0. The van der Waals surface area contributed by atoms with Gasteiger partial charge in [-0.2, -0.15) is 0 Å². The number of Topliss-reactive ketones (excluding diaryl/α,β-unsaturated/α-hetero) is 1. The number of amides is 1. The number of anilines is 1. The van der Waals surface area contributed by atoms with Crippen LogP contribution in [-0.4, -0.2) is 39.2 Å². The predicted octanol–water partition coefficient (Wildman–Crippen LogP) is 4.48. The van der Waals surface area contributed by atoms with E-state index in [0.717, 1.165) is 22.6 Å². The van der Waals surface area contributed by atoms with Gasteiger partial charge in [-0.15, -0.1) is 23.1 Å². The number of hydrogen-bond donors (Lipinski definition) is 1. The van der Waals surface area contributed by atoms with E-state index in [1.54, 1.807) is 30.0 Å². The average molecular weight is 478 g/mol. The number of nitro groups is 1. The smallest absolute Gasteiger partial charge is 0.269 e. The molecule has 6 rings (SSSR count). The van der Waals surface area contributed by atoms with Crippen molar-refractivity contribution >= 4 is 46.2 Å².